The van der Waals surface area contributed by atoms with Crippen molar-refractivity contribution in [1.82, 2.24) is 15.5 Å². The summed E-state index contributed by atoms with van der Waals surface area (Å²) in [6.07, 6.45) is 0.815. The first kappa shape index (κ1) is 23.3. The van der Waals surface area contributed by atoms with E-state index >= 15 is 0 Å². The van der Waals surface area contributed by atoms with Crippen molar-refractivity contribution in [2.45, 2.75) is 51.5 Å². The molecule has 0 radical (unpaired) electrons. The minimum atomic E-state index is -0.0943. The molecule has 1 saturated heterocycles. The highest BCUT2D eigenvalue weighted by molar-refractivity contribution is 5.82. The lowest BCUT2D eigenvalue weighted by molar-refractivity contribution is -0.126. The SMILES string of the molecule is COCCNC(=O)[C@@H]1C[C@@H](NCc2ccc(OCc3ccccc3)cc2)CN1C(C)C. The van der Waals surface area contributed by atoms with E-state index < -0.39 is 0 Å². The molecule has 0 aromatic heterocycles. The summed E-state index contributed by atoms with van der Waals surface area (Å²) in [5.74, 6) is 0.960. The second kappa shape index (κ2) is 11.8. The smallest absolute Gasteiger partial charge is 0.237 e. The van der Waals surface area contributed by atoms with Gasteiger partial charge in [0.2, 0.25) is 5.91 Å². The molecule has 1 amide bonds. The lowest BCUT2D eigenvalue weighted by atomic mass is 10.1. The summed E-state index contributed by atoms with van der Waals surface area (Å²) in [6, 6.07) is 18.9. The molecule has 3 rings (SSSR count). The number of hydrogen-bond acceptors (Lipinski definition) is 5. The number of amides is 1. The van der Waals surface area contributed by atoms with Gasteiger partial charge in [0.05, 0.1) is 12.6 Å². The van der Waals surface area contributed by atoms with Gasteiger partial charge in [0.25, 0.3) is 0 Å². The third kappa shape index (κ3) is 7.06. The van der Waals surface area contributed by atoms with Crippen LogP contribution in [0.4, 0.5) is 0 Å². The third-order valence-electron chi connectivity index (χ3n) is 5.68. The van der Waals surface area contributed by atoms with Gasteiger partial charge in [-0.25, -0.2) is 0 Å². The van der Waals surface area contributed by atoms with Gasteiger partial charge < -0.3 is 20.1 Å². The number of ether oxygens (including phenoxy) is 2. The molecule has 1 heterocycles. The Morgan fingerprint density at radius 2 is 1.84 bits per heavy atom. The van der Waals surface area contributed by atoms with Crippen molar-refractivity contribution in [2.75, 3.05) is 26.8 Å². The maximum atomic E-state index is 12.6. The minimum absolute atomic E-state index is 0.0926. The standard InChI is InChI=1S/C25H35N3O3/c1-19(2)28-17-22(15-24(28)25(29)26-13-14-30-3)27-16-20-9-11-23(12-10-20)31-18-21-7-5-4-6-8-21/h4-12,19,22,24,27H,13-18H2,1-3H3,(H,26,29)/t22-,24+/m1/s1. The highest BCUT2D eigenvalue weighted by Crippen LogP contribution is 2.22. The molecule has 2 atom stereocenters. The van der Waals surface area contributed by atoms with Gasteiger partial charge >= 0.3 is 0 Å². The van der Waals surface area contributed by atoms with Crippen LogP contribution in [-0.2, 0) is 22.7 Å². The van der Waals surface area contributed by atoms with Crippen molar-refractivity contribution < 1.29 is 14.3 Å². The first-order valence-corrected chi connectivity index (χ1v) is 11.1. The van der Waals surface area contributed by atoms with Crippen molar-refractivity contribution in [3.8, 4) is 5.75 Å². The third-order valence-corrected chi connectivity index (χ3v) is 5.68. The molecule has 31 heavy (non-hydrogen) atoms. The van der Waals surface area contributed by atoms with Crippen molar-refractivity contribution in [2.24, 2.45) is 0 Å². The topological polar surface area (TPSA) is 62.8 Å². The maximum absolute atomic E-state index is 12.6. The van der Waals surface area contributed by atoms with Crippen LogP contribution in [-0.4, -0.2) is 55.7 Å². The van der Waals surface area contributed by atoms with Crippen molar-refractivity contribution in [3.63, 3.8) is 0 Å². The molecule has 0 aliphatic carbocycles. The Hall–Kier alpha value is -2.41. The molecule has 1 aliphatic heterocycles. The van der Waals surface area contributed by atoms with Crippen molar-refractivity contribution >= 4 is 5.91 Å². The van der Waals surface area contributed by atoms with Crippen molar-refractivity contribution in [1.29, 1.82) is 0 Å². The molecular formula is C25H35N3O3. The first-order valence-electron chi connectivity index (χ1n) is 11.1. The molecular weight excluding hydrogens is 390 g/mol. The Morgan fingerprint density at radius 1 is 1.10 bits per heavy atom. The number of benzene rings is 2. The van der Waals surface area contributed by atoms with Crippen LogP contribution in [0.1, 0.15) is 31.4 Å². The zero-order valence-electron chi connectivity index (χ0n) is 18.8. The Kier molecular flexibility index (Phi) is 8.88. The number of carbonyl (C=O) groups excluding carboxylic acids is 1. The predicted octanol–water partition coefficient (Wildman–Crippen LogP) is 2.97. The highest BCUT2D eigenvalue weighted by Gasteiger charge is 2.37. The number of carbonyl (C=O) groups is 1. The number of nitrogens with zero attached hydrogens (tertiary/aromatic N) is 1. The van der Waals surface area contributed by atoms with Crippen LogP contribution in [0, 0.1) is 0 Å². The summed E-state index contributed by atoms with van der Waals surface area (Å²) in [7, 11) is 1.64. The molecule has 2 aromatic carbocycles. The van der Waals surface area contributed by atoms with Gasteiger partial charge in [0.15, 0.2) is 0 Å². The van der Waals surface area contributed by atoms with Crippen LogP contribution in [0.15, 0.2) is 54.6 Å². The zero-order valence-corrected chi connectivity index (χ0v) is 18.8. The molecule has 168 valence electrons. The van der Waals surface area contributed by atoms with E-state index in [1.807, 2.05) is 30.3 Å². The lowest BCUT2D eigenvalue weighted by Gasteiger charge is -2.27. The minimum Gasteiger partial charge on any atom is -0.489 e. The average molecular weight is 426 g/mol. The van der Waals surface area contributed by atoms with Crippen LogP contribution in [0.3, 0.4) is 0 Å². The number of hydrogen-bond donors (Lipinski definition) is 2. The van der Waals surface area contributed by atoms with Gasteiger partial charge in [-0.3, -0.25) is 9.69 Å². The van der Waals surface area contributed by atoms with Gasteiger partial charge in [-0.05, 0) is 43.5 Å². The van der Waals surface area contributed by atoms with E-state index in [4.69, 9.17) is 9.47 Å². The molecule has 1 fully saturated rings. The molecule has 6 nitrogen and oxygen atoms in total. The summed E-state index contributed by atoms with van der Waals surface area (Å²) in [4.78, 5) is 14.9. The van der Waals surface area contributed by atoms with E-state index in [-0.39, 0.29) is 18.0 Å². The van der Waals surface area contributed by atoms with E-state index in [2.05, 4.69) is 53.6 Å². The second-order valence-electron chi connectivity index (χ2n) is 8.32. The first-order chi connectivity index (χ1) is 15.1. The normalized spacial score (nSPS) is 19.0. The van der Waals surface area contributed by atoms with Crippen LogP contribution in [0.2, 0.25) is 0 Å². The van der Waals surface area contributed by atoms with Gasteiger partial charge in [0, 0.05) is 38.8 Å². The molecule has 1 aliphatic rings. The summed E-state index contributed by atoms with van der Waals surface area (Å²) in [6.45, 7) is 7.59. The molecule has 6 heteroatoms. The van der Waals surface area contributed by atoms with Gasteiger partial charge in [-0.15, -0.1) is 0 Å². The fourth-order valence-corrected chi connectivity index (χ4v) is 3.94. The molecule has 2 aromatic rings. The van der Waals surface area contributed by atoms with E-state index in [1.54, 1.807) is 7.11 Å². The number of likely N-dealkylation sites (tertiary alicyclic amines) is 1. The van der Waals surface area contributed by atoms with Gasteiger partial charge in [-0.1, -0.05) is 42.5 Å². The van der Waals surface area contributed by atoms with E-state index in [0.29, 0.717) is 25.8 Å². The Labute approximate surface area is 185 Å². The number of nitrogens with one attached hydrogen (secondary N) is 2. The number of methoxy groups -OCH3 is 1. The molecule has 2 N–H and O–H groups in total. The fourth-order valence-electron chi connectivity index (χ4n) is 3.94. The summed E-state index contributed by atoms with van der Waals surface area (Å²) >= 11 is 0. The monoisotopic (exact) mass is 425 g/mol. The van der Waals surface area contributed by atoms with E-state index in [1.165, 1.54) is 5.56 Å². The lowest BCUT2D eigenvalue weighted by Crippen LogP contribution is -2.46. The van der Waals surface area contributed by atoms with Crippen LogP contribution in [0.25, 0.3) is 0 Å². The molecule has 0 unspecified atom stereocenters. The van der Waals surface area contributed by atoms with Crippen molar-refractivity contribution in [3.05, 3.63) is 65.7 Å². The van der Waals surface area contributed by atoms with Crippen LogP contribution >= 0.6 is 0 Å². The maximum Gasteiger partial charge on any atom is 0.237 e. The summed E-state index contributed by atoms with van der Waals surface area (Å²) < 4.78 is 10.9. The van der Waals surface area contributed by atoms with Crippen LogP contribution in [0.5, 0.6) is 5.75 Å². The Morgan fingerprint density at radius 3 is 2.52 bits per heavy atom. The van der Waals surface area contributed by atoms with Gasteiger partial charge in [0.1, 0.15) is 12.4 Å². The van der Waals surface area contributed by atoms with E-state index in [0.717, 1.165) is 30.8 Å². The molecule has 0 bridgehead atoms. The fraction of sp³-hybridized carbons (Fsp3) is 0.480. The predicted molar refractivity (Wildman–Crippen MR) is 123 cm³/mol. The number of rotatable bonds is 11. The quantitative estimate of drug-likeness (QED) is 0.542. The Balaban J connectivity index is 1.47. The summed E-state index contributed by atoms with van der Waals surface area (Å²) in [5.41, 5.74) is 2.36. The molecule has 0 spiro atoms. The largest absolute Gasteiger partial charge is 0.489 e. The average Bonchev–Trinajstić information content (AvgIpc) is 3.23. The zero-order chi connectivity index (χ0) is 22.1. The second-order valence-corrected chi connectivity index (χ2v) is 8.32. The summed E-state index contributed by atoms with van der Waals surface area (Å²) in [5, 5.41) is 6.61. The highest BCUT2D eigenvalue weighted by atomic mass is 16.5. The van der Waals surface area contributed by atoms with Gasteiger partial charge in [-0.2, -0.15) is 0 Å². The van der Waals surface area contributed by atoms with Crippen LogP contribution < -0.4 is 15.4 Å². The Bertz CT molecular complexity index is 795. The molecule has 0 saturated carbocycles. The van der Waals surface area contributed by atoms with E-state index in [9.17, 15) is 4.79 Å².